The van der Waals surface area contributed by atoms with Gasteiger partial charge in [0.05, 0.1) is 11.6 Å². The van der Waals surface area contributed by atoms with Crippen LogP contribution in [0.1, 0.15) is 21.1 Å². The maximum absolute atomic E-state index is 13.6. The van der Waals surface area contributed by atoms with Crippen LogP contribution in [0.3, 0.4) is 0 Å². The van der Waals surface area contributed by atoms with Crippen molar-refractivity contribution in [1.82, 2.24) is 10.3 Å². The first-order valence-electron chi connectivity index (χ1n) is 6.39. The summed E-state index contributed by atoms with van der Waals surface area (Å²) in [4.78, 5) is 20.4. The van der Waals surface area contributed by atoms with Crippen molar-refractivity contribution < 1.29 is 9.18 Å². The summed E-state index contributed by atoms with van der Waals surface area (Å²) in [5.41, 5.74) is 0.927. The molecule has 1 aromatic heterocycles. The third-order valence-electron chi connectivity index (χ3n) is 2.89. The molecule has 1 aliphatic rings. The minimum Gasteiger partial charge on any atom is -0.300 e. The Hall–Kier alpha value is -1.73. The third kappa shape index (κ3) is 3.48. The number of hydrogen-bond donors (Lipinski definition) is 1. The summed E-state index contributed by atoms with van der Waals surface area (Å²) < 4.78 is 13.6. The maximum Gasteiger partial charge on any atom is 0.276 e. The Labute approximate surface area is 129 Å². The van der Waals surface area contributed by atoms with Gasteiger partial charge >= 0.3 is 0 Å². The van der Waals surface area contributed by atoms with Crippen LogP contribution in [-0.2, 0) is 6.42 Å². The van der Waals surface area contributed by atoms with Gasteiger partial charge in [0.15, 0.2) is 5.17 Å². The molecule has 1 N–H and O–H groups in total. The number of amidine groups is 1. The van der Waals surface area contributed by atoms with Crippen LogP contribution in [0.25, 0.3) is 0 Å². The summed E-state index contributed by atoms with van der Waals surface area (Å²) in [5, 5.41) is 5.77. The summed E-state index contributed by atoms with van der Waals surface area (Å²) in [5.74, 6) is 0.375. The van der Waals surface area contributed by atoms with Gasteiger partial charge in [0.1, 0.15) is 11.5 Å². The van der Waals surface area contributed by atoms with Crippen molar-refractivity contribution in [3.8, 4) is 0 Å². The molecule has 4 nitrogen and oxygen atoms in total. The van der Waals surface area contributed by atoms with Gasteiger partial charge in [-0.3, -0.25) is 15.1 Å². The SMILES string of the molecule is O=C(NC1=NCCS1)c1csc(Cc2ccccc2F)n1. The number of benzene rings is 1. The first kappa shape index (κ1) is 14.2. The summed E-state index contributed by atoms with van der Waals surface area (Å²) in [6, 6.07) is 6.58. The number of halogens is 1. The smallest absolute Gasteiger partial charge is 0.276 e. The fraction of sp³-hybridized carbons (Fsp3) is 0.214. The molecule has 0 aliphatic carbocycles. The molecule has 0 atom stereocenters. The van der Waals surface area contributed by atoms with Crippen LogP contribution < -0.4 is 5.32 Å². The summed E-state index contributed by atoms with van der Waals surface area (Å²) >= 11 is 2.87. The van der Waals surface area contributed by atoms with Crippen LogP contribution in [0.2, 0.25) is 0 Å². The number of thiazole rings is 1. The van der Waals surface area contributed by atoms with Gasteiger partial charge in [0.25, 0.3) is 5.91 Å². The highest BCUT2D eigenvalue weighted by Gasteiger charge is 2.16. The number of nitrogens with zero attached hydrogens (tertiary/aromatic N) is 2. The second kappa shape index (κ2) is 6.36. The number of aliphatic imine (C=N–C) groups is 1. The molecule has 21 heavy (non-hydrogen) atoms. The van der Waals surface area contributed by atoms with E-state index in [9.17, 15) is 9.18 Å². The lowest BCUT2D eigenvalue weighted by atomic mass is 10.1. The average Bonchev–Trinajstić information content (AvgIpc) is 3.13. The van der Waals surface area contributed by atoms with Gasteiger partial charge in [-0.1, -0.05) is 30.0 Å². The molecule has 3 rings (SSSR count). The van der Waals surface area contributed by atoms with E-state index in [2.05, 4.69) is 15.3 Å². The normalized spacial score (nSPS) is 14.0. The highest BCUT2D eigenvalue weighted by molar-refractivity contribution is 8.14. The van der Waals surface area contributed by atoms with Crippen molar-refractivity contribution in [2.75, 3.05) is 12.3 Å². The number of carbonyl (C=O) groups excluding carboxylic acids is 1. The monoisotopic (exact) mass is 321 g/mol. The molecule has 0 spiro atoms. The van der Waals surface area contributed by atoms with E-state index in [0.29, 0.717) is 27.9 Å². The van der Waals surface area contributed by atoms with Gasteiger partial charge in [-0.2, -0.15) is 0 Å². The van der Waals surface area contributed by atoms with Gasteiger partial charge in [-0.25, -0.2) is 9.37 Å². The molecular weight excluding hydrogens is 309 g/mol. The number of amides is 1. The first-order valence-corrected chi connectivity index (χ1v) is 8.25. The van der Waals surface area contributed by atoms with E-state index in [1.807, 2.05) is 0 Å². The molecular formula is C14H12FN3OS2. The van der Waals surface area contributed by atoms with E-state index in [4.69, 9.17) is 0 Å². The molecule has 1 amide bonds. The van der Waals surface area contributed by atoms with Crippen LogP contribution >= 0.6 is 23.1 Å². The quantitative estimate of drug-likeness (QED) is 0.946. The Kier molecular flexibility index (Phi) is 4.31. The molecule has 0 saturated carbocycles. The van der Waals surface area contributed by atoms with E-state index in [1.165, 1.54) is 29.2 Å². The van der Waals surface area contributed by atoms with Crippen molar-refractivity contribution in [3.63, 3.8) is 0 Å². The number of aromatic nitrogens is 1. The number of carbonyl (C=O) groups is 1. The van der Waals surface area contributed by atoms with Crippen molar-refractivity contribution in [3.05, 3.63) is 51.7 Å². The highest BCUT2D eigenvalue weighted by Crippen LogP contribution is 2.17. The zero-order valence-corrected chi connectivity index (χ0v) is 12.6. The lowest BCUT2D eigenvalue weighted by Gasteiger charge is -2.01. The number of rotatable bonds is 3. The largest absolute Gasteiger partial charge is 0.300 e. The second-order valence-electron chi connectivity index (χ2n) is 4.38. The standard InChI is InChI=1S/C14H12FN3OS2/c15-10-4-2-1-3-9(10)7-12-17-11(8-21-12)13(19)18-14-16-5-6-20-14/h1-4,8H,5-7H2,(H,16,18,19). The number of thioether (sulfide) groups is 1. The first-order chi connectivity index (χ1) is 10.2. The Balaban J connectivity index is 1.68. The van der Waals surface area contributed by atoms with Crippen LogP contribution in [0.5, 0.6) is 0 Å². The van der Waals surface area contributed by atoms with Gasteiger partial charge in [-0.05, 0) is 11.6 Å². The molecule has 108 valence electrons. The lowest BCUT2D eigenvalue weighted by Crippen LogP contribution is -2.27. The summed E-state index contributed by atoms with van der Waals surface area (Å²) in [6.07, 6.45) is 0.389. The van der Waals surface area contributed by atoms with Crippen LogP contribution in [0.4, 0.5) is 4.39 Å². The highest BCUT2D eigenvalue weighted by atomic mass is 32.2. The van der Waals surface area contributed by atoms with Gasteiger partial charge in [0, 0.05) is 17.6 Å². The number of hydrogen-bond acceptors (Lipinski definition) is 5. The fourth-order valence-corrected chi connectivity index (χ4v) is 3.39. The summed E-state index contributed by atoms with van der Waals surface area (Å²) in [7, 11) is 0. The molecule has 7 heteroatoms. The van der Waals surface area contributed by atoms with E-state index in [1.54, 1.807) is 23.6 Å². The average molecular weight is 321 g/mol. The van der Waals surface area contributed by atoms with Crippen LogP contribution in [-0.4, -0.2) is 28.4 Å². The Bertz CT molecular complexity index is 699. The predicted octanol–water partition coefficient (Wildman–Crippen LogP) is 2.71. The molecule has 0 bridgehead atoms. The van der Waals surface area contributed by atoms with Gasteiger partial charge in [-0.15, -0.1) is 11.3 Å². The molecule has 0 fully saturated rings. The van der Waals surface area contributed by atoms with Crippen LogP contribution in [0, 0.1) is 5.82 Å². The van der Waals surface area contributed by atoms with E-state index in [0.717, 1.165) is 12.3 Å². The molecule has 0 saturated heterocycles. The lowest BCUT2D eigenvalue weighted by molar-refractivity contribution is 0.0973. The zero-order valence-electron chi connectivity index (χ0n) is 11.0. The van der Waals surface area contributed by atoms with Crippen LogP contribution in [0.15, 0.2) is 34.6 Å². The fourth-order valence-electron chi connectivity index (χ4n) is 1.87. The zero-order chi connectivity index (χ0) is 14.7. The van der Waals surface area contributed by atoms with Crippen molar-refractivity contribution in [2.45, 2.75) is 6.42 Å². The van der Waals surface area contributed by atoms with Gasteiger partial charge < -0.3 is 0 Å². The van der Waals surface area contributed by atoms with Crippen molar-refractivity contribution in [2.24, 2.45) is 4.99 Å². The van der Waals surface area contributed by atoms with E-state index >= 15 is 0 Å². The molecule has 2 aromatic rings. The van der Waals surface area contributed by atoms with Crippen molar-refractivity contribution in [1.29, 1.82) is 0 Å². The molecule has 1 aliphatic heterocycles. The predicted molar refractivity (Wildman–Crippen MR) is 83.5 cm³/mol. The van der Waals surface area contributed by atoms with E-state index < -0.39 is 0 Å². The second-order valence-corrected chi connectivity index (χ2v) is 6.41. The molecule has 2 heterocycles. The Morgan fingerprint density at radius 3 is 3.00 bits per heavy atom. The molecule has 1 aromatic carbocycles. The molecule has 0 radical (unpaired) electrons. The van der Waals surface area contributed by atoms with E-state index in [-0.39, 0.29) is 11.7 Å². The summed E-state index contributed by atoms with van der Waals surface area (Å²) in [6.45, 7) is 0.732. The van der Waals surface area contributed by atoms with Crippen molar-refractivity contribution >= 4 is 34.2 Å². The minimum atomic E-state index is -0.265. The Morgan fingerprint density at radius 2 is 2.24 bits per heavy atom. The third-order valence-corrected chi connectivity index (χ3v) is 4.63. The van der Waals surface area contributed by atoms with Gasteiger partial charge in [0.2, 0.25) is 0 Å². The Morgan fingerprint density at radius 1 is 1.38 bits per heavy atom. The topological polar surface area (TPSA) is 54.4 Å². The molecule has 0 unspecified atom stereocenters. The maximum atomic E-state index is 13.6. The minimum absolute atomic E-state index is 0.254. The number of nitrogens with one attached hydrogen (secondary N) is 1.